The lowest BCUT2D eigenvalue weighted by Crippen LogP contribution is -2.27. The fraction of sp³-hybridized carbons (Fsp3) is 0.548. The highest BCUT2D eigenvalue weighted by atomic mass is 19.2. The van der Waals surface area contributed by atoms with Crippen molar-refractivity contribution in [2.24, 2.45) is 23.7 Å². The summed E-state index contributed by atoms with van der Waals surface area (Å²) in [5.74, 6) is 1.96. The molecule has 1 atom stereocenters. The molecule has 0 radical (unpaired) electrons. The third-order valence-electron chi connectivity index (χ3n) is 8.59. The third-order valence-corrected chi connectivity index (χ3v) is 8.59. The van der Waals surface area contributed by atoms with Crippen LogP contribution in [0.3, 0.4) is 0 Å². The second-order valence-electron chi connectivity index (χ2n) is 10.5. The van der Waals surface area contributed by atoms with E-state index < -0.39 is 11.6 Å². The number of ether oxygens (including phenoxy) is 1. The van der Waals surface area contributed by atoms with Crippen molar-refractivity contribution >= 4 is 10.8 Å². The van der Waals surface area contributed by atoms with Gasteiger partial charge in [0.15, 0.2) is 11.6 Å². The SMILES string of the molecule is C/C=C/COc1cc2ccc(C3CCC(C(C)C4CCC(/C=C/C)CC4)CC3)cc2c(F)c1F. The van der Waals surface area contributed by atoms with Crippen LogP contribution in [0.2, 0.25) is 0 Å². The van der Waals surface area contributed by atoms with Crippen LogP contribution in [0.5, 0.6) is 5.75 Å². The van der Waals surface area contributed by atoms with Crippen LogP contribution in [0.15, 0.2) is 48.6 Å². The van der Waals surface area contributed by atoms with Crippen molar-refractivity contribution in [2.75, 3.05) is 6.61 Å². The number of halogens is 2. The highest BCUT2D eigenvalue weighted by Crippen LogP contribution is 2.45. The van der Waals surface area contributed by atoms with E-state index in [1.54, 1.807) is 12.1 Å². The Morgan fingerprint density at radius 1 is 0.882 bits per heavy atom. The van der Waals surface area contributed by atoms with Gasteiger partial charge in [0.2, 0.25) is 5.82 Å². The van der Waals surface area contributed by atoms with Gasteiger partial charge < -0.3 is 4.74 Å². The first kappa shape index (κ1) is 24.9. The van der Waals surface area contributed by atoms with Crippen LogP contribution in [0.25, 0.3) is 10.8 Å². The number of benzene rings is 2. The van der Waals surface area contributed by atoms with E-state index in [9.17, 15) is 8.78 Å². The van der Waals surface area contributed by atoms with Crippen molar-refractivity contribution in [3.05, 3.63) is 65.8 Å². The monoisotopic (exact) mass is 466 g/mol. The molecule has 4 rings (SSSR count). The lowest BCUT2D eigenvalue weighted by Gasteiger charge is -2.39. The summed E-state index contributed by atoms with van der Waals surface area (Å²) in [5, 5.41) is 1.05. The molecule has 34 heavy (non-hydrogen) atoms. The Balaban J connectivity index is 1.39. The Morgan fingerprint density at radius 3 is 2.21 bits per heavy atom. The maximum atomic E-state index is 14.9. The number of hydrogen-bond donors (Lipinski definition) is 0. The standard InChI is InChI=1S/C31H40F2O/c1-4-6-18-34-29-20-27-17-16-26(19-28(27)30(32)31(29)33)25-14-12-24(13-15-25)21(3)23-10-8-22(7-5-2)9-11-23/h4-7,16-17,19-25H,8-15,18H2,1-3H3/b6-4+,7-5+. The van der Waals surface area contributed by atoms with Gasteiger partial charge in [0.25, 0.3) is 0 Å². The van der Waals surface area contributed by atoms with Gasteiger partial charge in [-0.3, -0.25) is 0 Å². The van der Waals surface area contributed by atoms with Gasteiger partial charge in [-0.2, -0.15) is 4.39 Å². The largest absolute Gasteiger partial charge is 0.486 e. The Bertz CT molecular complexity index is 1010. The number of hydrogen-bond acceptors (Lipinski definition) is 1. The molecule has 0 N–H and O–H groups in total. The van der Waals surface area contributed by atoms with E-state index in [1.807, 2.05) is 25.1 Å². The van der Waals surface area contributed by atoms with Crippen molar-refractivity contribution in [3.8, 4) is 5.75 Å². The van der Waals surface area contributed by atoms with E-state index in [-0.39, 0.29) is 12.4 Å². The molecule has 0 aliphatic heterocycles. The average molecular weight is 467 g/mol. The van der Waals surface area contributed by atoms with Gasteiger partial charge in [-0.25, -0.2) is 4.39 Å². The van der Waals surface area contributed by atoms with Crippen molar-refractivity contribution in [1.82, 2.24) is 0 Å². The molecule has 1 unspecified atom stereocenters. The van der Waals surface area contributed by atoms with Gasteiger partial charge in [0.05, 0.1) is 0 Å². The Morgan fingerprint density at radius 2 is 1.56 bits per heavy atom. The highest BCUT2D eigenvalue weighted by Gasteiger charge is 2.32. The Labute approximate surface area is 204 Å². The molecule has 0 aromatic heterocycles. The van der Waals surface area contributed by atoms with Crippen molar-refractivity contribution in [2.45, 2.75) is 78.1 Å². The predicted octanol–water partition coefficient (Wildman–Crippen LogP) is 9.37. The lowest BCUT2D eigenvalue weighted by atomic mass is 9.67. The van der Waals surface area contributed by atoms with Crippen LogP contribution in [0, 0.1) is 35.3 Å². The minimum Gasteiger partial charge on any atom is -0.486 e. The van der Waals surface area contributed by atoms with Gasteiger partial charge >= 0.3 is 0 Å². The fourth-order valence-corrected chi connectivity index (χ4v) is 6.41. The highest BCUT2D eigenvalue weighted by molar-refractivity contribution is 5.85. The number of rotatable bonds is 7. The normalized spacial score (nSPS) is 27.0. The minimum absolute atomic E-state index is 0.0231. The van der Waals surface area contributed by atoms with Gasteiger partial charge in [-0.1, -0.05) is 43.4 Å². The average Bonchev–Trinajstić information content (AvgIpc) is 2.87. The van der Waals surface area contributed by atoms with E-state index in [2.05, 4.69) is 32.1 Å². The zero-order valence-electron chi connectivity index (χ0n) is 21.0. The summed E-state index contributed by atoms with van der Waals surface area (Å²) < 4.78 is 34.9. The predicted molar refractivity (Wildman–Crippen MR) is 138 cm³/mol. The van der Waals surface area contributed by atoms with Crippen molar-refractivity contribution in [1.29, 1.82) is 0 Å². The van der Waals surface area contributed by atoms with Gasteiger partial charge in [0.1, 0.15) is 6.61 Å². The summed E-state index contributed by atoms with van der Waals surface area (Å²) in [6.07, 6.45) is 18.4. The molecule has 184 valence electrons. The maximum Gasteiger partial charge on any atom is 0.201 e. The van der Waals surface area contributed by atoms with E-state index in [0.29, 0.717) is 16.7 Å². The smallest absolute Gasteiger partial charge is 0.201 e. The van der Waals surface area contributed by atoms with Crippen molar-refractivity contribution < 1.29 is 13.5 Å². The molecule has 2 aliphatic rings. The van der Waals surface area contributed by atoms with E-state index in [0.717, 1.165) is 42.1 Å². The minimum atomic E-state index is -0.893. The summed E-state index contributed by atoms with van der Waals surface area (Å²) in [6.45, 7) is 6.71. The first-order chi connectivity index (χ1) is 16.5. The molecule has 3 heteroatoms. The molecule has 2 fully saturated rings. The summed E-state index contributed by atoms with van der Waals surface area (Å²) in [7, 11) is 0. The number of fused-ring (bicyclic) bond motifs is 1. The Kier molecular flexibility index (Phi) is 8.45. The Hall–Kier alpha value is -2.16. The molecule has 0 saturated heterocycles. The molecular formula is C31H40F2O. The van der Waals surface area contributed by atoms with Crippen LogP contribution in [0.1, 0.15) is 83.6 Å². The summed E-state index contributed by atoms with van der Waals surface area (Å²) in [5.41, 5.74) is 1.14. The third kappa shape index (κ3) is 5.56. The molecule has 2 aromatic carbocycles. The van der Waals surface area contributed by atoms with E-state index in [1.165, 1.54) is 38.5 Å². The maximum absolute atomic E-state index is 14.9. The van der Waals surface area contributed by atoms with E-state index >= 15 is 0 Å². The molecule has 2 aromatic rings. The molecule has 0 amide bonds. The van der Waals surface area contributed by atoms with Gasteiger partial charge in [-0.05, 0) is 118 Å². The van der Waals surface area contributed by atoms with Gasteiger partial charge in [0, 0.05) is 5.39 Å². The summed E-state index contributed by atoms with van der Waals surface area (Å²) in [6, 6.07) is 7.52. The van der Waals surface area contributed by atoms with Crippen LogP contribution in [-0.2, 0) is 0 Å². The zero-order chi connectivity index (χ0) is 24.1. The summed E-state index contributed by atoms with van der Waals surface area (Å²) >= 11 is 0. The quantitative estimate of drug-likeness (QED) is 0.369. The van der Waals surface area contributed by atoms with E-state index in [4.69, 9.17) is 4.74 Å². The molecule has 0 spiro atoms. The van der Waals surface area contributed by atoms with Gasteiger partial charge in [-0.15, -0.1) is 0 Å². The second kappa shape index (κ2) is 11.5. The zero-order valence-corrected chi connectivity index (χ0v) is 21.0. The number of allylic oxidation sites excluding steroid dienone is 3. The molecule has 1 nitrogen and oxygen atoms in total. The topological polar surface area (TPSA) is 9.23 Å². The van der Waals surface area contributed by atoms with Crippen LogP contribution >= 0.6 is 0 Å². The van der Waals surface area contributed by atoms with Crippen LogP contribution < -0.4 is 4.74 Å². The van der Waals surface area contributed by atoms with Crippen molar-refractivity contribution in [3.63, 3.8) is 0 Å². The molecule has 2 saturated carbocycles. The van der Waals surface area contributed by atoms with Crippen LogP contribution in [-0.4, -0.2) is 6.61 Å². The first-order valence-electron chi connectivity index (χ1n) is 13.3. The molecule has 0 heterocycles. The summed E-state index contributed by atoms with van der Waals surface area (Å²) in [4.78, 5) is 0. The lowest BCUT2D eigenvalue weighted by molar-refractivity contribution is 0.142. The fourth-order valence-electron chi connectivity index (χ4n) is 6.41. The van der Waals surface area contributed by atoms with Crippen LogP contribution in [0.4, 0.5) is 8.78 Å². The molecule has 0 bridgehead atoms. The first-order valence-corrected chi connectivity index (χ1v) is 13.3. The second-order valence-corrected chi connectivity index (χ2v) is 10.5. The molecule has 2 aliphatic carbocycles. The molecular weight excluding hydrogens is 426 g/mol.